The molecule has 3 rings (SSSR count). The normalized spacial score (nSPS) is 10.3. The van der Waals surface area contributed by atoms with Gasteiger partial charge in [-0.3, -0.25) is 4.79 Å². The van der Waals surface area contributed by atoms with Crippen molar-refractivity contribution < 1.29 is 14.6 Å². The van der Waals surface area contributed by atoms with Gasteiger partial charge >= 0.3 is 0 Å². The maximum Gasteiger partial charge on any atom is 0.251 e. The van der Waals surface area contributed by atoms with Crippen LogP contribution in [0.5, 0.6) is 11.5 Å². The summed E-state index contributed by atoms with van der Waals surface area (Å²) in [6.07, 6.45) is 0.762. The molecule has 0 aliphatic rings. The molecule has 0 bridgehead atoms. The van der Waals surface area contributed by atoms with Crippen molar-refractivity contribution in [2.24, 2.45) is 0 Å². The molecule has 0 aliphatic heterocycles. The number of nitrogens with one attached hydrogen (secondary N) is 1. The number of carbonyl (C=O) groups excluding carboxylic acids is 1. The molecule has 0 aromatic heterocycles. The summed E-state index contributed by atoms with van der Waals surface area (Å²) in [5.74, 6) is 0.904. The molecular formula is C22H21NO3. The minimum Gasteiger partial charge on any atom is -0.508 e. The zero-order chi connectivity index (χ0) is 18.4. The van der Waals surface area contributed by atoms with Crippen LogP contribution < -0.4 is 10.1 Å². The van der Waals surface area contributed by atoms with E-state index < -0.39 is 0 Å². The van der Waals surface area contributed by atoms with E-state index >= 15 is 0 Å². The van der Waals surface area contributed by atoms with Gasteiger partial charge in [0.25, 0.3) is 5.91 Å². The molecule has 4 nitrogen and oxygen atoms in total. The molecule has 0 unspecified atom stereocenters. The van der Waals surface area contributed by atoms with Crippen LogP contribution in [0.2, 0.25) is 0 Å². The molecule has 0 spiro atoms. The van der Waals surface area contributed by atoms with Crippen LogP contribution in [0.4, 0.5) is 0 Å². The topological polar surface area (TPSA) is 58.6 Å². The van der Waals surface area contributed by atoms with Crippen molar-refractivity contribution in [3.63, 3.8) is 0 Å². The fraction of sp³-hybridized carbons (Fsp3) is 0.136. The van der Waals surface area contributed by atoms with Gasteiger partial charge in [-0.1, -0.05) is 36.4 Å². The number of phenols is 1. The third-order valence-electron chi connectivity index (χ3n) is 4.21. The van der Waals surface area contributed by atoms with E-state index in [0.29, 0.717) is 12.1 Å². The maximum atomic E-state index is 12.1. The molecule has 0 saturated carbocycles. The van der Waals surface area contributed by atoms with E-state index in [9.17, 15) is 9.90 Å². The average Bonchev–Trinajstić information content (AvgIpc) is 2.69. The smallest absolute Gasteiger partial charge is 0.251 e. The Morgan fingerprint density at radius 2 is 1.46 bits per heavy atom. The Kier molecular flexibility index (Phi) is 5.54. The standard InChI is InChI=1S/C22H21NO3/c1-26-21-12-8-19(9-13-21)22(25)23-15-14-16-2-4-17(5-3-16)18-6-10-20(24)11-7-18/h2-13,24H,14-15H2,1H3,(H,23,25). The summed E-state index contributed by atoms with van der Waals surface area (Å²) >= 11 is 0. The molecule has 0 aliphatic carbocycles. The van der Waals surface area contributed by atoms with Crippen LogP contribution in [0, 0.1) is 0 Å². The van der Waals surface area contributed by atoms with Gasteiger partial charge in [-0.05, 0) is 59.5 Å². The zero-order valence-corrected chi connectivity index (χ0v) is 14.6. The van der Waals surface area contributed by atoms with E-state index in [1.165, 1.54) is 0 Å². The van der Waals surface area contributed by atoms with Crippen molar-refractivity contribution >= 4 is 5.91 Å². The van der Waals surface area contributed by atoms with Gasteiger partial charge in [-0.15, -0.1) is 0 Å². The van der Waals surface area contributed by atoms with Crippen LogP contribution in [0.25, 0.3) is 11.1 Å². The van der Waals surface area contributed by atoms with E-state index in [1.54, 1.807) is 43.5 Å². The van der Waals surface area contributed by atoms with Gasteiger partial charge in [0.05, 0.1) is 7.11 Å². The van der Waals surface area contributed by atoms with Crippen LogP contribution in [0.3, 0.4) is 0 Å². The molecule has 0 fully saturated rings. The summed E-state index contributed by atoms with van der Waals surface area (Å²) < 4.78 is 5.09. The van der Waals surface area contributed by atoms with Crippen LogP contribution in [0.1, 0.15) is 15.9 Å². The monoisotopic (exact) mass is 347 g/mol. The van der Waals surface area contributed by atoms with Crippen LogP contribution in [0.15, 0.2) is 72.8 Å². The molecule has 3 aromatic carbocycles. The van der Waals surface area contributed by atoms with Crippen molar-refractivity contribution in [1.82, 2.24) is 5.32 Å². The summed E-state index contributed by atoms with van der Waals surface area (Å²) in [6.45, 7) is 0.573. The first-order valence-corrected chi connectivity index (χ1v) is 8.46. The number of phenolic OH excluding ortho intramolecular Hbond substituents is 1. The lowest BCUT2D eigenvalue weighted by molar-refractivity contribution is 0.0954. The number of methoxy groups -OCH3 is 1. The van der Waals surface area contributed by atoms with Crippen molar-refractivity contribution in [1.29, 1.82) is 0 Å². The van der Waals surface area contributed by atoms with E-state index in [-0.39, 0.29) is 11.7 Å². The third kappa shape index (κ3) is 4.42. The molecule has 26 heavy (non-hydrogen) atoms. The molecule has 0 heterocycles. The number of hydrogen-bond acceptors (Lipinski definition) is 3. The summed E-state index contributed by atoms with van der Waals surface area (Å²) in [5.41, 5.74) is 3.93. The highest BCUT2D eigenvalue weighted by molar-refractivity contribution is 5.94. The van der Waals surface area contributed by atoms with Crippen molar-refractivity contribution in [2.75, 3.05) is 13.7 Å². The average molecular weight is 347 g/mol. The number of ether oxygens (including phenoxy) is 1. The molecule has 0 radical (unpaired) electrons. The first kappa shape index (κ1) is 17.5. The van der Waals surface area contributed by atoms with Gasteiger partial charge in [-0.25, -0.2) is 0 Å². The molecule has 4 heteroatoms. The van der Waals surface area contributed by atoms with E-state index in [2.05, 4.69) is 17.4 Å². The summed E-state index contributed by atoms with van der Waals surface area (Å²) in [7, 11) is 1.60. The molecule has 3 aromatic rings. The van der Waals surface area contributed by atoms with Crippen LogP contribution in [-0.2, 0) is 6.42 Å². The Labute approximate surface area is 153 Å². The lowest BCUT2D eigenvalue weighted by Gasteiger charge is -2.07. The Balaban J connectivity index is 1.53. The number of hydrogen-bond donors (Lipinski definition) is 2. The molecule has 0 saturated heterocycles. The molecular weight excluding hydrogens is 326 g/mol. The van der Waals surface area contributed by atoms with Crippen molar-refractivity contribution in [3.05, 3.63) is 83.9 Å². The summed E-state index contributed by atoms with van der Waals surface area (Å²) in [4.78, 5) is 12.1. The second kappa shape index (κ2) is 8.21. The molecule has 0 atom stereocenters. The number of benzene rings is 3. The first-order chi connectivity index (χ1) is 12.7. The van der Waals surface area contributed by atoms with Gasteiger partial charge in [0.15, 0.2) is 0 Å². The second-order valence-electron chi connectivity index (χ2n) is 5.98. The highest BCUT2D eigenvalue weighted by Gasteiger charge is 2.05. The minimum absolute atomic E-state index is 0.0895. The maximum absolute atomic E-state index is 12.1. The van der Waals surface area contributed by atoms with E-state index in [4.69, 9.17) is 4.74 Å². The summed E-state index contributed by atoms with van der Waals surface area (Å²) in [5, 5.41) is 12.3. The number of carbonyl (C=O) groups is 1. The lowest BCUT2D eigenvalue weighted by atomic mass is 10.0. The molecule has 1 amide bonds. The predicted molar refractivity (Wildman–Crippen MR) is 103 cm³/mol. The van der Waals surface area contributed by atoms with E-state index in [0.717, 1.165) is 28.9 Å². The Hall–Kier alpha value is -3.27. The SMILES string of the molecule is COc1ccc(C(=O)NCCc2ccc(-c3ccc(O)cc3)cc2)cc1. The Bertz CT molecular complexity index is 853. The van der Waals surface area contributed by atoms with Gasteiger partial charge in [0.1, 0.15) is 11.5 Å². The number of amides is 1. The highest BCUT2D eigenvalue weighted by Crippen LogP contribution is 2.22. The zero-order valence-electron chi connectivity index (χ0n) is 14.6. The minimum atomic E-state index is -0.0895. The van der Waals surface area contributed by atoms with Gasteiger partial charge in [0, 0.05) is 12.1 Å². The predicted octanol–water partition coefficient (Wildman–Crippen LogP) is 4.04. The first-order valence-electron chi connectivity index (χ1n) is 8.46. The fourth-order valence-corrected chi connectivity index (χ4v) is 2.68. The number of aromatic hydroxyl groups is 1. The number of rotatable bonds is 6. The third-order valence-corrected chi connectivity index (χ3v) is 4.21. The van der Waals surface area contributed by atoms with Gasteiger partial charge in [-0.2, -0.15) is 0 Å². The van der Waals surface area contributed by atoms with Crippen molar-refractivity contribution in [3.8, 4) is 22.6 Å². The fourth-order valence-electron chi connectivity index (χ4n) is 2.68. The van der Waals surface area contributed by atoms with Gasteiger partial charge < -0.3 is 15.2 Å². The quantitative estimate of drug-likeness (QED) is 0.707. The Morgan fingerprint density at radius 3 is 2.04 bits per heavy atom. The van der Waals surface area contributed by atoms with Crippen molar-refractivity contribution in [2.45, 2.75) is 6.42 Å². The Morgan fingerprint density at radius 1 is 0.885 bits per heavy atom. The van der Waals surface area contributed by atoms with Crippen LogP contribution in [-0.4, -0.2) is 24.7 Å². The van der Waals surface area contributed by atoms with Gasteiger partial charge in [0.2, 0.25) is 0 Å². The van der Waals surface area contributed by atoms with E-state index in [1.807, 2.05) is 24.3 Å². The summed E-state index contributed by atoms with van der Waals surface area (Å²) in [6, 6.07) is 22.4. The largest absolute Gasteiger partial charge is 0.508 e. The molecule has 132 valence electrons. The molecule has 2 N–H and O–H groups in total. The second-order valence-corrected chi connectivity index (χ2v) is 5.98. The highest BCUT2D eigenvalue weighted by atomic mass is 16.5. The van der Waals surface area contributed by atoms with Crippen LogP contribution >= 0.6 is 0 Å². The lowest BCUT2D eigenvalue weighted by Crippen LogP contribution is -2.25.